The lowest BCUT2D eigenvalue weighted by molar-refractivity contribution is -0.135. The number of urea groups is 1. The third-order valence-corrected chi connectivity index (χ3v) is 9.03. The first-order chi connectivity index (χ1) is 17.0. The van der Waals surface area contributed by atoms with Gasteiger partial charge in [0.25, 0.3) is 0 Å². The lowest BCUT2D eigenvalue weighted by Gasteiger charge is -2.40. The molecule has 0 radical (unpaired) electrons. The van der Waals surface area contributed by atoms with E-state index in [2.05, 4.69) is 15.6 Å². The van der Waals surface area contributed by atoms with Crippen molar-refractivity contribution in [3.8, 4) is 0 Å². The second-order valence-electron chi connectivity index (χ2n) is 9.70. The fourth-order valence-corrected chi connectivity index (χ4v) is 5.25. The Morgan fingerprint density at radius 1 is 1.19 bits per heavy atom. The molecule has 1 saturated heterocycles. The lowest BCUT2D eigenvalue weighted by atomic mass is 9.98. The van der Waals surface area contributed by atoms with Gasteiger partial charge in [-0.1, -0.05) is 11.6 Å². The maximum absolute atomic E-state index is 13.6. The summed E-state index contributed by atoms with van der Waals surface area (Å²) in [5.41, 5.74) is 1.39. The summed E-state index contributed by atoms with van der Waals surface area (Å²) < 4.78 is 13.2. The Balaban J connectivity index is 1.41. The van der Waals surface area contributed by atoms with Crippen LogP contribution in [0, 0.1) is 6.92 Å². The van der Waals surface area contributed by atoms with Crippen LogP contribution in [0.2, 0.25) is 5.02 Å². The molecule has 10 nitrogen and oxygen atoms in total. The Bertz CT molecular complexity index is 1190. The molecule has 2 aromatic rings. The topological polar surface area (TPSA) is 117 Å². The molecule has 2 atom stereocenters. The molecule has 3 heterocycles. The Kier molecular flexibility index (Phi) is 7.42. The maximum Gasteiger partial charge on any atom is 0.330 e. The van der Waals surface area contributed by atoms with E-state index in [0.717, 1.165) is 5.69 Å². The fraction of sp³-hybridized carbons (Fsp3) is 0.500. The highest BCUT2D eigenvalue weighted by Crippen LogP contribution is 2.27. The zero-order valence-corrected chi connectivity index (χ0v) is 22.4. The van der Waals surface area contributed by atoms with Crippen LogP contribution in [0.3, 0.4) is 0 Å². The van der Waals surface area contributed by atoms with Gasteiger partial charge in [-0.25, -0.2) is 14.6 Å². The molecule has 1 aromatic heterocycles. The average Bonchev–Trinajstić information content (AvgIpc) is 3.37. The van der Waals surface area contributed by atoms with Gasteiger partial charge in [-0.3, -0.25) is 13.6 Å². The molecule has 0 saturated carbocycles. The minimum absolute atomic E-state index is 0.00813. The van der Waals surface area contributed by atoms with E-state index in [9.17, 15) is 18.6 Å². The van der Waals surface area contributed by atoms with Crippen LogP contribution in [0.25, 0.3) is 0 Å². The normalized spacial score (nSPS) is 18.1. The molecule has 0 spiro atoms. The molecule has 2 aliphatic heterocycles. The fourth-order valence-electron chi connectivity index (χ4n) is 4.63. The number of anilines is 1. The molecule has 1 aromatic carbocycles. The van der Waals surface area contributed by atoms with Crippen LogP contribution < -0.4 is 10.6 Å². The van der Waals surface area contributed by atoms with Gasteiger partial charge < -0.3 is 20.4 Å². The number of hydrogen-bond acceptors (Lipinski definition) is 5. The predicted octanol–water partition coefficient (Wildman–Crippen LogP) is 2.97. The summed E-state index contributed by atoms with van der Waals surface area (Å²) in [5.74, 6) is 0.379. The van der Waals surface area contributed by atoms with Crippen molar-refractivity contribution in [2.75, 3.05) is 24.7 Å². The number of imidazole rings is 1. The Morgan fingerprint density at radius 2 is 1.83 bits per heavy atom. The van der Waals surface area contributed by atoms with Gasteiger partial charge in [-0.05, 0) is 57.9 Å². The number of hydrogen-bond donors (Lipinski definition) is 2. The molecule has 1 fully saturated rings. The summed E-state index contributed by atoms with van der Waals surface area (Å²) >= 11 is 5.90. The van der Waals surface area contributed by atoms with E-state index in [1.165, 1.54) is 6.26 Å². The zero-order valence-electron chi connectivity index (χ0n) is 20.8. The van der Waals surface area contributed by atoms with Gasteiger partial charge >= 0.3 is 12.1 Å². The molecule has 12 heteroatoms. The number of amides is 4. The average molecular weight is 535 g/mol. The van der Waals surface area contributed by atoms with Crippen LogP contribution in [0.15, 0.2) is 30.5 Å². The second kappa shape index (κ2) is 10.2. The number of benzene rings is 1. The van der Waals surface area contributed by atoms with Crippen LogP contribution in [-0.2, 0) is 22.1 Å². The molecule has 194 valence electrons. The molecule has 1 unspecified atom stereocenters. The van der Waals surface area contributed by atoms with Crippen molar-refractivity contribution in [2.24, 2.45) is 0 Å². The number of nitrogens with zero attached hydrogens (tertiary/aromatic N) is 4. The van der Waals surface area contributed by atoms with Crippen LogP contribution in [0.4, 0.5) is 15.3 Å². The number of carbonyl (C=O) groups is 3. The van der Waals surface area contributed by atoms with Crippen molar-refractivity contribution in [3.63, 3.8) is 0 Å². The maximum atomic E-state index is 13.6. The smallest absolute Gasteiger partial charge is 0.330 e. The molecule has 2 N–H and O–H groups in total. The Labute approximate surface area is 217 Å². The molecule has 4 amide bonds. The summed E-state index contributed by atoms with van der Waals surface area (Å²) in [6.07, 6.45) is 4.49. The van der Waals surface area contributed by atoms with Crippen molar-refractivity contribution in [3.05, 3.63) is 47.0 Å². The van der Waals surface area contributed by atoms with E-state index in [1.54, 1.807) is 53.8 Å². The number of likely N-dealkylation sites (tertiary alicyclic amines) is 1. The van der Waals surface area contributed by atoms with Crippen molar-refractivity contribution >= 4 is 46.1 Å². The molecule has 0 aliphatic carbocycles. The molecular weight excluding hydrogens is 504 g/mol. The van der Waals surface area contributed by atoms with E-state index < -0.39 is 27.6 Å². The summed E-state index contributed by atoms with van der Waals surface area (Å²) in [6.45, 7) is 6.59. The molecule has 0 bridgehead atoms. The minimum Gasteiger partial charge on any atom is -0.341 e. The number of carbonyl (C=O) groups excluding carboxylic acids is 3. The first-order valence-corrected chi connectivity index (χ1v) is 13.7. The van der Waals surface area contributed by atoms with Crippen LogP contribution in [-0.4, -0.2) is 77.7 Å². The van der Waals surface area contributed by atoms with Gasteiger partial charge in [0.2, 0.25) is 5.91 Å². The molecule has 2 aliphatic rings. The summed E-state index contributed by atoms with van der Waals surface area (Å²) in [7, 11) is -1.40. The number of nitrogens with one attached hydrogen (secondary N) is 2. The van der Waals surface area contributed by atoms with Gasteiger partial charge in [0.1, 0.15) is 11.9 Å². The summed E-state index contributed by atoms with van der Waals surface area (Å²) in [5, 5.41) is 5.98. The van der Waals surface area contributed by atoms with Crippen molar-refractivity contribution in [1.82, 2.24) is 24.7 Å². The van der Waals surface area contributed by atoms with E-state index >= 15 is 0 Å². The van der Waals surface area contributed by atoms with E-state index in [4.69, 9.17) is 11.6 Å². The number of fused-ring (bicyclic) bond motifs is 1. The van der Waals surface area contributed by atoms with Crippen LogP contribution in [0.5, 0.6) is 0 Å². The molecule has 36 heavy (non-hydrogen) atoms. The second-order valence-corrected chi connectivity index (χ2v) is 12.1. The standard InChI is InChI=1S/C24H31ClN6O4S/c1-15-26-13-19-14-30(23(34)31(15)19)18-9-11-29(12-10-18)21(32)20(24(2,3)36(4)35)28-22(33)27-17-7-5-16(25)6-8-17/h5-8,13,18,20H,9-12,14H2,1-4H3,(H2,27,28,33)/t20-,36?/m0/s1. The number of halogens is 1. The first-order valence-electron chi connectivity index (χ1n) is 11.8. The minimum atomic E-state index is -1.40. The highest BCUT2D eigenvalue weighted by atomic mass is 35.5. The molecular formula is C24H31ClN6O4S. The van der Waals surface area contributed by atoms with Gasteiger partial charge in [-0.2, -0.15) is 0 Å². The largest absolute Gasteiger partial charge is 0.341 e. The highest BCUT2D eigenvalue weighted by Gasteiger charge is 2.43. The zero-order chi connectivity index (χ0) is 26.2. The van der Waals surface area contributed by atoms with Crippen molar-refractivity contribution in [1.29, 1.82) is 0 Å². The Hall–Kier alpha value is -2.92. The van der Waals surface area contributed by atoms with Crippen molar-refractivity contribution in [2.45, 2.75) is 57.0 Å². The SMILES string of the molecule is Cc1ncc2n1C(=O)N(C1CCN(C(=O)[C@H](NC(=O)Nc3ccc(Cl)cc3)C(C)(C)S(C)=O)CC1)C2. The number of aryl methyl sites for hydroxylation is 1. The van der Waals surface area contributed by atoms with Gasteiger partial charge in [0, 0.05) is 46.9 Å². The molecule has 4 rings (SSSR count). The third kappa shape index (κ3) is 5.12. The number of rotatable bonds is 6. The van der Waals surface area contributed by atoms with E-state index in [-0.39, 0.29) is 18.0 Å². The van der Waals surface area contributed by atoms with E-state index in [1.807, 2.05) is 11.8 Å². The summed E-state index contributed by atoms with van der Waals surface area (Å²) in [6, 6.07) is 4.96. The van der Waals surface area contributed by atoms with Gasteiger partial charge in [0.15, 0.2) is 0 Å². The number of aromatic nitrogens is 2. The summed E-state index contributed by atoms with van der Waals surface area (Å²) in [4.78, 5) is 47.0. The number of piperidine rings is 1. The van der Waals surface area contributed by atoms with Crippen molar-refractivity contribution < 1.29 is 18.6 Å². The first kappa shape index (κ1) is 26.2. The quantitative estimate of drug-likeness (QED) is 0.591. The van der Waals surface area contributed by atoms with Crippen LogP contribution >= 0.6 is 11.6 Å². The Morgan fingerprint density at radius 3 is 2.42 bits per heavy atom. The predicted molar refractivity (Wildman–Crippen MR) is 138 cm³/mol. The van der Waals surface area contributed by atoms with Gasteiger partial charge in [-0.15, -0.1) is 0 Å². The van der Waals surface area contributed by atoms with Gasteiger partial charge in [0.05, 0.1) is 23.2 Å². The van der Waals surface area contributed by atoms with Crippen LogP contribution in [0.1, 0.15) is 38.2 Å². The van der Waals surface area contributed by atoms with E-state index in [0.29, 0.717) is 49.0 Å². The third-order valence-electron chi connectivity index (χ3n) is 7.06. The monoisotopic (exact) mass is 534 g/mol. The lowest BCUT2D eigenvalue weighted by Crippen LogP contribution is -2.62. The highest BCUT2D eigenvalue weighted by molar-refractivity contribution is 7.85.